The van der Waals surface area contributed by atoms with E-state index in [0.717, 1.165) is 49.2 Å². The number of amidine groups is 1. The minimum absolute atomic E-state index is 0.000323. The van der Waals surface area contributed by atoms with E-state index in [1.165, 1.54) is 19.4 Å². The van der Waals surface area contributed by atoms with Gasteiger partial charge in [-0.25, -0.2) is 9.38 Å². The fourth-order valence-corrected chi connectivity index (χ4v) is 3.72. The summed E-state index contributed by atoms with van der Waals surface area (Å²) in [5, 5.41) is 5.72. The van der Waals surface area contributed by atoms with Crippen molar-refractivity contribution in [3.8, 4) is 12.8 Å². The van der Waals surface area contributed by atoms with Gasteiger partial charge in [0.1, 0.15) is 11.7 Å². The molecule has 0 bridgehead atoms. The number of hydrogen-bond acceptors (Lipinski definition) is 5. The van der Waals surface area contributed by atoms with E-state index in [9.17, 15) is 17.6 Å². The fourth-order valence-electron chi connectivity index (χ4n) is 3.72. The SMILES string of the molecule is C#C.C/C=N\N1C=CN=C(N)C1.CCC.C\C=C(F)/C(=C\C(=C\CC)C(F)(F)F)C(/C=C1/CCCCN1C)=C(C)CC. The molecule has 236 valence electrons. The average molecular weight is 594 g/mol. The van der Waals surface area contributed by atoms with Crippen molar-refractivity contribution in [2.45, 2.75) is 93.2 Å². The van der Waals surface area contributed by atoms with Crippen molar-refractivity contribution in [2.24, 2.45) is 15.8 Å². The first-order chi connectivity index (χ1) is 19.9. The molecule has 0 spiro atoms. The lowest BCUT2D eigenvalue weighted by Gasteiger charge is -2.28. The molecule has 0 amide bonds. The molecular formula is C33H51F4N5. The van der Waals surface area contributed by atoms with Crippen LogP contribution in [0.5, 0.6) is 0 Å². The molecule has 42 heavy (non-hydrogen) atoms. The van der Waals surface area contributed by atoms with Crippen LogP contribution in [-0.4, -0.2) is 48.3 Å². The van der Waals surface area contributed by atoms with Gasteiger partial charge in [-0.1, -0.05) is 51.8 Å². The van der Waals surface area contributed by atoms with Crippen LogP contribution < -0.4 is 5.73 Å². The molecule has 0 aromatic rings. The van der Waals surface area contributed by atoms with Gasteiger partial charge in [0.15, 0.2) is 0 Å². The summed E-state index contributed by atoms with van der Waals surface area (Å²) < 4.78 is 54.9. The lowest BCUT2D eigenvalue weighted by molar-refractivity contribution is -0.0884. The largest absolute Gasteiger partial charge is 0.416 e. The molecule has 2 heterocycles. The Balaban J connectivity index is 0. The zero-order chi connectivity index (χ0) is 32.7. The number of alkyl halides is 3. The maximum atomic E-state index is 14.7. The second kappa shape index (κ2) is 23.1. The number of hydrazone groups is 1. The molecule has 0 aromatic carbocycles. The minimum atomic E-state index is -4.52. The summed E-state index contributed by atoms with van der Waals surface area (Å²) in [6.45, 7) is 14.5. The predicted octanol–water partition coefficient (Wildman–Crippen LogP) is 9.21. The van der Waals surface area contributed by atoms with Crippen LogP contribution in [0.2, 0.25) is 0 Å². The molecule has 2 N–H and O–H groups in total. The Morgan fingerprint density at radius 1 is 1.14 bits per heavy atom. The highest BCUT2D eigenvalue weighted by Gasteiger charge is 2.32. The summed E-state index contributed by atoms with van der Waals surface area (Å²) in [5.41, 5.74) is 7.07. The van der Waals surface area contributed by atoms with Gasteiger partial charge in [-0.3, -0.25) is 5.01 Å². The van der Waals surface area contributed by atoms with Gasteiger partial charge in [-0.2, -0.15) is 18.3 Å². The fraction of sp³-hybridized carbons (Fsp3) is 0.515. The Morgan fingerprint density at radius 3 is 2.21 bits per heavy atom. The third kappa shape index (κ3) is 16.0. The van der Waals surface area contributed by atoms with Crippen LogP contribution >= 0.6 is 0 Å². The first-order valence-corrected chi connectivity index (χ1v) is 14.4. The molecule has 2 aliphatic heterocycles. The van der Waals surface area contributed by atoms with Crippen LogP contribution in [0.1, 0.15) is 87.0 Å². The number of aliphatic imine (C=N–C) groups is 1. The minimum Gasteiger partial charge on any atom is -0.386 e. The van der Waals surface area contributed by atoms with Crippen LogP contribution in [0.25, 0.3) is 0 Å². The monoisotopic (exact) mass is 593 g/mol. The summed E-state index contributed by atoms with van der Waals surface area (Å²) in [4.78, 5) is 5.96. The molecule has 0 aliphatic carbocycles. The van der Waals surface area contributed by atoms with Gasteiger partial charge >= 0.3 is 6.18 Å². The smallest absolute Gasteiger partial charge is 0.386 e. The van der Waals surface area contributed by atoms with E-state index in [4.69, 9.17) is 5.73 Å². The van der Waals surface area contributed by atoms with Crippen LogP contribution in [0.4, 0.5) is 17.6 Å². The maximum absolute atomic E-state index is 14.7. The first kappa shape index (κ1) is 40.6. The number of hydrogen-bond donors (Lipinski definition) is 1. The number of piperidine rings is 1. The molecule has 1 saturated heterocycles. The van der Waals surface area contributed by atoms with E-state index in [-0.39, 0.29) is 12.0 Å². The van der Waals surface area contributed by atoms with Crippen molar-refractivity contribution in [1.82, 2.24) is 9.91 Å². The summed E-state index contributed by atoms with van der Waals surface area (Å²) in [7, 11) is 1.97. The highest BCUT2D eigenvalue weighted by atomic mass is 19.4. The zero-order valence-corrected chi connectivity index (χ0v) is 26.7. The second-order valence-corrected chi connectivity index (χ2v) is 9.42. The summed E-state index contributed by atoms with van der Waals surface area (Å²) >= 11 is 0. The molecule has 0 aromatic heterocycles. The predicted molar refractivity (Wildman–Crippen MR) is 172 cm³/mol. The van der Waals surface area contributed by atoms with Crippen LogP contribution in [0.3, 0.4) is 0 Å². The van der Waals surface area contributed by atoms with Gasteiger partial charge in [0.05, 0.1) is 12.1 Å². The van der Waals surface area contributed by atoms with Gasteiger partial charge in [-0.15, -0.1) is 12.8 Å². The Bertz CT molecular complexity index is 1050. The number of nitrogens with zero attached hydrogens (tertiary/aromatic N) is 4. The molecule has 2 rings (SSSR count). The van der Waals surface area contributed by atoms with Crippen LogP contribution in [0.15, 0.2) is 80.6 Å². The molecular weight excluding hydrogens is 542 g/mol. The van der Waals surface area contributed by atoms with Crippen molar-refractivity contribution in [2.75, 3.05) is 20.1 Å². The number of allylic oxidation sites excluding steroid dienone is 10. The molecule has 1 fully saturated rings. The third-order valence-electron chi connectivity index (χ3n) is 5.89. The third-order valence-corrected chi connectivity index (χ3v) is 5.89. The quantitative estimate of drug-likeness (QED) is 0.139. The lowest BCUT2D eigenvalue weighted by Crippen LogP contribution is -2.28. The van der Waals surface area contributed by atoms with E-state index >= 15 is 0 Å². The zero-order valence-electron chi connectivity index (χ0n) is 26.7. The summed E-state index contributed by atoms with van der Waals surface area (Å²) in [6, 6.07) is 0. The van der Waals surface area contributed by atoms with E-state index in [2.05, 4.69) is 41.7 Å². The molecule has 0 radical (unpaired) electrons. The number of nitrogens with two attached hydrogens (primary N) is 1. The Hall–Kier alpha value is -3.54. The van der Waals surface area contributed by atoms with Crippen LogP contribution in [0, 0.1) is 12.8 Å². The van der Waals surface area contributed by atoms with Crippen molar-refractivity contribution in [3.05, 3.63) is 70.5 Å². The van der Waals surface area contributed by atoms with Gasteiger partial charge in [0.25, 0.3) is 0 Å². The van der Waals surface area contributed by atoms with Gasteiger partial charge in [0, 0.05) is 43.5 Å². The molecule has 0 atom stereocenters. The molecule has 2 aliphatic rings. The standard InChI is InChI=1S/C22H31F4N.C6H10N4.C3H8.C2H2/c1-6-11-17(22(24,25)26)14-20(21(23)8-3)19(16(4)7-2)15-18-12-9-10-13-27(18)5;1-2-9-10-4-3-8-6(7)5-10;1-3-2;1-2/h8,11,14-15H,6-7,9-10,12-13H2,1-5H3;2-4H,5H2,1H3,(H2,7,8);3H2,1-2H3;1-2H/b17-11-,18-15-,19-16?,20-14-,21-8+;9-2-;;. The lowest BCUT2D eigenvalue weighted by atomic mass is 9.93. The molecule has 0 saturated carbocycles. The highest BCUT2D eigenvalue weighted by molar-refractivity contribution is 5.83. The van der Waals surface area contributed by atoms with E-state index in [0.29, 0.717) is 24.4 Å². The number of halogens is 4. The van der Waals surface area contributed by atoms with Crippen molar-refractivity contribution >= 4 is 12.1 Å². The Kier molecular flexibility index (Phi) is 22.3. The number of rotatable bonds is 7. The van der Waals surface area contributed by atoms with Gasteiger partial charge in [-0.05, 0) is 70.6 Å². The Morgan fingerprint density at radius 2 is 1.76 bits per heavy atom. The molecule has 5 nitrogen and oxygen atoms in total. The van der Waals surface area contributed by atoms with Crippen molar-refractivity contribution in [3.63, 3.8) is 0 Å². The van der Waals surface area contributed by atoms with Crippen LogP contribution in [-0.2, 0) is 0 Å². The summed E-state index contributed by atoms with van der Waals surface area (Å²) in [5.74, 6) is -0.0486. The van der Waals surface area contributed by atoms with Gasteiger partial charge < -0.3 is 10.6 Å². The van der Waals surface area contributed by atoms with E-state index < -0.39 is 17.6 Å². The maximum Gasteiger partial charge on any atom is 0.416 e. The molecule has 0 unspecified atom stereocenters. The van der Waals surface area contributed by atoms with Gasteiger partial charge in [0.2, 0.25) is 0 Å². The van der Waals surface area contributed by atoms with Crippen molar-refractivity contribution in [1.29, 1.82) is 0 Å². The molecule has 9 heteroatoms. The Labute approximate surface area is 252 Å². The number of likely N-dealkylation sites (tertiary alicyclic amines) is 1. The number of terminal acetylenes is 1. The van der Waals surface area contributed by atoms with E-state index in [1.807, 2.05) is 33.9 Å². The van der Waals surface area contributed by atoms with Crippen molar-refractivity contribution < 1.29 is 17.6 Å². The second-order valence-electron chi connectivity index (χ2n) is 9.42. The highest BCUT2D eigenvalue weighted by Crippen LogP contribution is 2.35. The normalized spacial score (nSPS) is 17.8. The average Bonchev–Trinajstić information content (AvgIpc) is 2.96. The summed E-state index contributed by atoms with van der Waals surface area (Å²) in [6.07, 6.45) is 18.8. The topological polar surface area (TPSA) is 57.2 Å². The first-order valence-electron chi connectivity index (χ1n) is 14.4. The van der Waals surface area contributed by atoms with E-state index in [1.54, 1.807) is 30.5 Å².